The molecule has 11 nitrogen and oxygen atoms in total. The van der Waals surface area contributed by atoms with Crippen LogP contribution in [-0.4, -0.2) is 83.5 Å². The van der Waals surface area contributed by atoms with E-state index >= 15 is 0 Å². The minimum Gasteiger partial charge on any atom is -0.494 e. The van der Waals surface area contributed by atoms with Crippen molar-refractivity contribution in [1.82, 2.24) is 14.9 Å². The Bertz CT molecular complexity index is 1630. The Hall–Kier alpha value is -3.98. The number of piperazine rings is 1. The number of benzene rings is 2. The third kappa shape index (κ3) is 7.64. The molecule has 0 spiro atoms. The van der Waals surface area contributed by atoms with E-state index in [1.807, 2.05) is 12.1 Å². The molecule has 1 saturated heterocycles. The Morgan fingerprint density at radius 3 is 2.47 bits per heavy atom. The number of nitrogens with one attached hydrogen (secondary N) is 2. The van der Waals surface area contributed by atoms with E-state index < -0.39 is 27.6 Å². The van der Waals surface area contributed by atoms with E-state index in [9.17, 15) is 21.6 Å². The average Bonchev–Trinajstić information content (AvgIpc) is 2.98. The van der Waals surface area contributed by atoms with E-state index in [1.165, 1.54) is 26.3 Å². The number of ether oxygens (including phenoxy) is 2. The molecule has 0 amide bonds. The maximum absolute atomic E-state index is 14.1. The van der Waals surface area contributed by atoms with Crippen LogP contribution in [0.2, 0.25) is 0 Å². The lowest BCUT2D eigenvalue weighted by Gasteiger charge is -2.35. The number of halogens is 3. The molecule has 2 N–H and O–H groups in total. The van der Waals surface area contributed by atoms with Crippen LogP contribution in [0.1, 0.15) is 30.4 Å². The van der Waals surface area contributed by atoms with Gasteiger partial charge in [0.05, 0.1) is 37.0 Å². The van der Waals surface area contributed by atoms with Crippen LogP contribution < -0.4 is 29.3 Å². The van der Waals surface area contributed by atoms with Gasteiger partial charge >= 0.3 is 6.18 Å². The maximum atomic E-state index is 14.1. The van der Waals surface area contributed by atoms with Gasteiger partial charge in [-0.25, -0.2) is 13.4 Å². The van der Waals surface area contributed by atoms with E-state index in [-0.39, 0.29) is 17.3 Å². The fourth-order valence-corrected chi connectivity index (χ4v) is 5.85. The van der Waals surface area contributed by atoms with Gasteiger partial charge in [0.25, 0.3) is 0 Å². The summed E-state index contributed by atoms with van der Waals surface area (Å²) in [6, 6.07) is 8.45. The number of anilines is 6. The first kappa shape index (κ1) is 32.4. The fourth-order valence-electron chi connectivity index (χ4n) is 5.35. The first-order chi connectivity index (χ1) is 21.3. The molecule has 2 aromatic carbocycles. The normalized spacial score (nSPS) is 16.6. The van der Waals surface area contributed by atoms with Crippen molar-refractivity contribution in [3.05, 3.63) is 47.7 Å². The number of alkyl halides is 3. The minimum absolute atomic E-state index is 0.0861. The third-order valence-corrected chi connectivity index (χ3v) is 9.20. The predicted octanol–water partition coefficient (Wildman–Crippen LogP) is 5.24. The molecular formula is C30H38F3N7O4S. The molecule has 0 saturated carbocycles. The van der Waals surface area contributed by atoms with Crippen LogP contribution in [0.15, 0.2) is 36.5 Å². The number of nitrogens with zero attached hydrogens (tertiary/aromatic N) is 5. The van der Waals surface area contributed by atoms with Crippen LogP contribution >= 0.6 is 0 Å². The molecule has 0 unspecified atom stereocenters. The number of rotatable bonds is 4. The van der Waals surface area contributed by atoms with Crippen molar-refractivity contribution in [2.45, 2.75) is 31.9 Å². The highest BCUT2D eigenvalue weighted by atomic mass is 32.2. The number of hydrogen-bond donors (Lipinski definition) is 2. The van der Waals surface area contributed by atoms with Gasteiger partial charge in [-0.15, -0.1) is 0 Å². The van der Waals surface area contributed by atoms with Gasteiger partial charge in [0, 0.05) is 57.2 Å². The summed E-state index contributed by atoms with van der Waals surface area (Å²) < 4.78 is 80.0. The Morgan fingerprint density at radius 1 is 1.02 bits per heavy atom. The summed E-state index contributed by atoms with van der Waals surface area (Å²) in [5.41, 5.74) is 1.73. The van der Waals surface area contributed by atoms with Crippen LogP contribution in [0.3, 0.4) is 0 Å². The van der Waals surface area contributed by atoms with E-state index in [4.69, 9.17) is 9.47 Å². The van der Waals surface area contributed by atoms with Crippen molar-refractivity contribution < 1.29 is 31.1 Å². The molecule has 1 fully saturated rings. The highest BCUT2D eigenvalue weighted by molar-refractivity contribution is 7.92. The molecule has 0 radical (unpaired) electrons. The van der Waals surface area contributed by atoms with Crippen molar-refractivity contribution >= 4 is 44.5 Å². The van der Waals surface area contributed by atoms with Gasteiger partial charge in [0.2, 0.25) is 16.0 Å². The molecule has 1 aromatic heterocycles. The lowest BCUT2D eigenvalue weighted by atomic mass is 10.0. The number of hydrogen-bond acceptors (Lipinski definition) is 10. The zero-order valence-electron chi connectivity index (χ0n) is 25.7. The van der Waals surface area contributed by atoms with Crippen LogP contribution in [0.4, 0.5) is 47.7 Å². The summed E-state index contributed by atoms with van der Waals surface area (Å²) >= 11 is 0. The molecule has 0 atom stereocenters. The van der Waals surface area contributed by atoms with Crippen molar-refractivity contribution in [1.29, 1.82) is 0 Å². The zero-order valence-corrected chi connectivity index (χ0v) is 26.6. The summed E-state index contributed by atoms with van der Waals surface area (Å²) in [5.74, 6) is 0.249. The monoisotopic (exact) mass is 649 g/mol. The number of methoxy groups -OCH3 is 1. The predicted molar refractivity (Wildman–Crippen MR) is 169 cm³/mol. The second-order valence-corrected chi connectivity index (χ2v) is 13.3. The van der Waals surface area contributed by atoms with Gasteiger partial charge in [0.1, 0.15) is 22.9 Å². The molecule has 3 aliphatic heterocycles. The van der Waals surface area contributed by atoms with Crippen LogP contribution in [-0.2, 0) is 22.6 Å². The topological polar surface area (TPSA) is 112 Å². The lowest BCUT2D eigenvalue weighted by molar-refractivity contribution is -0.137. The van der Waals surface area contributed by atoms with Gasteiger partial charge in [0.15, 0.2) is 0 Å². The molecule has 0 aliphatic carbocycles. The molecule has 4 heterocycles. The average molecular weight is 650 g/mol. The Balaban J connectivity index is 1.61. The summed E-state index contributed by atoms with van der Waals surface area (Å²) in [6.45, 7) is 3.97. The molecule has 6 bridgehead atoms. The molecule has 3 aromatic rings. The van der Waals surface area contributed by atoms with Gasteiger partial charge in [-0.05, 0) is 56.5 Å². The van der Waals surface area contributed by atoms with Gasteiger partial charge in [-0.2, -0.15) is 18.2 Å². The largest absolute Gasteiger partial charge is 0.494 e. The maximum Gasteiger partial charge on any atom is 0.421 e. The second-order valence-electron chi connectivity index (χ2n) is 11.2. The minimum atomic E-state index is -4.79. The molecular weight excluding hydrogens is 611 g/mol. The van der Waals surface area contributed by atoms with Crippen molar-refractivity contribution in [2.24, 2.45) is 0 Å². The second kappa shape index (κ2) is 13.2. The summed E-state index contributed by atoms with van der Waals surface area (Å²) in [6.07, 6.45) is 0.195. The number of aryl methyl sites for hydroxylation is 1. The lowest BCUT2D eigenvalue weighted by Crippen LogP contribution is -2.44. The third-order valence-electron chi connectivity index (χ3n) is 8.00. The van der Waals surface area contributed by atoms with Crippen LogP contribution in [0, 0.1) is 0 Å². The first-order valence-electron chi connectivity index (χ1n) is 14.7. The van der Waals surface area contributed by atoms with Crippen LogP contribution in [0.25, 0.3) is 0 Å². The molecule has 244 valence electrons. The SMILES string of the molecule is COc1cc(N2CCN(C)CC2)c2cc1Nc1ncc(C(F)(F)F)c(n1)Nc1ccc(cc1N(C)S(C)(=O)=O)OCCCCC2. The van der Waals surface area contributed by atoms with Gasteiger partial charge < -0.3 is 29.9 Å². The van der Waals surface area contributed by atoms with E-state index in [1.54, 1.807) is 6.07 Å². The van der Waals surface area contributed by atoms with E-state index in [0.29, 0.717) is 30.0 Å². The summed E-state index contributed by atoms with van der Waals surface area (Å²) in [5, 5.41) is 5.78. The number of sulfonamides is 1. The number of fused-ring (bicyclic) bond motifs is 7. The highest BCUT2D eigenvalue weighted by Gasteiger charge is 2.36. The summed E-state index contributed by atoms with van der Waals surface area (Å²) in [7, 11) is 1.18. The molecule has 45 heavy (non-hydrogen) atoms. The smallest absolute Gasteiger partial charge is 0.421 e. The Kier molecular flexibility index (Phi) is 9.49. The fraction of sp³-hybridized carbons (Fsp3) is 0.467. The van der Waals surface area contributed by atoms with Gasteiger partial charge in [-0.3, -0.25) is 4.31 Å². The van der Waals surface area contributed by atoms with E-state index in [0.717, 1.165) is 73.7 Å². The van der Waals surface area contributed by atoms with Crippen molar-refractivity contribution in [3.63, 3.8) is 0 Å². The Morgan fingerprint density at radius 2 is 1.78 bits per heavy atom. The highest BCUT2D eigenvalue weighted by Crippen LogP contribution is 2.40. The standard InChI is InChI=1S/C30H38F3N7O4S/c1-38-11-13-40(14-12-38)25-18-27(43-3)24-16-20(25)8-6-5-7-15-44-21-9-10-23(26(17-21)39(2)45(4,41)42)35-28-22(30(31,32)33)19-34-29(36-24)37-28/h9-10,16-19H,5-8,11-15H2,1-4H3,(H2,34,35,36,37). The van der Waals surface area contributed by atoms with Crippen molar-refractivity contribution in [3.8, 4) is 11.5 Å². The summed E-state index contributed by atoms with van der Waals surface area (Å²) in [4.78, 5) is 12.8. The number of likely N-dealkylation sites (N-methyl/N-ethyl adjacent to an activating group) is 1. The van der Waals surface area contributed by atoms with Crippen LogP contribution in [0.5, 0.6) is 11.5 Å². The van der Waals surface area contributed by atoms with Crippen molar-refractivity contribution in [2.75, 3.05) is 80.1 Å². The quantitative estimate of drug-likeness (QED) is 0.389. The zero-order chi connectivity index (χ0) is 32.4. The van der Waals surface area contributed by atoms with Gasteiger partial charge in [-0.1, -0.05) is 0 Å². The van der Waals surface area contributed by atoms with E-state index in [2.05, 4.69) is 37.4 Å². The number of aromatic nitrogens is 2. The molecule has 15 heteroatoms. The molecule has 3 aliphatic rings. The first-order valence-corrected chi connectivity index (χ1v) is 16.5. The molecule has 6 rings (SSSR count). The Labute approximate surface area is 261 Å².